The molecule has 14 heteroatoms. The normalized spacial score (nSPS) is 23.2. The zero-order valence-corrected chi connectivity index (χ0v) is 33.1. The predicted octanol–water partition coefficient (Wildman–Crippen LogP) is 6.23. The molecule has 0 amide bonds. The highest BCUT2D eigenvalue weighted by Gasteiger charge is 2.73. The minimum Gasteiger partial charge on any atom is -0.497 e. The summed E-state index contributed by atoms with van der Waals surface area (Å²) in [5, 5.41) is 9.52. The van der Waals surface area contributed by atoms with Gasteiger partial charge in [-0.15, -0.1) is 0 Å². The quantitative estimate of drug-likeness (QED) is 0.0784. The third-order valence-electron chi connectivity index (χ3n) is 10.5. The van der Waals surface area contributed by atoms with Crippen molar-refractivity contribution in [1.29, 1.82) is 5.26 Å². The lowest BCUT2D eigenvalue weighted by Gasteiger charge is -2.45. The minimum absolute atomic E-state index is 0.00103. The molecular formula is C41H49N4O9P. The zero-order valence-electron chi connectivity index (χ0n) is 32.2. The van der Waals surface area contributed by atoms with E-state index in [0.29, 0.717) is 11.5 Å². The molecule has 0 radical (unpaired) electrons. The lowest BCUT2D eigenvalue weighted by molar-refractivity contribution is -0.228. The smallest absolute Gasteiger partial charge is 0.330 e. The van der Waals surface area contributed by atoms with Gasteiger partial charge in [0.05, 0.1) is 46.0 Å². The van der Waals surface area contributed by atoms with Crippen LogP contribution in [0.1, 0.15) is 64.0 Å². The first-order valence-electron chi connectivity index (χ1n) is 18.4. The number of aromatic nitrogens is 2. The van der Waals surface area contributed by atoms with Crippen molar-refractivity contribution < 1.29 is 32.8 Å². The number of hydrogen-bond acceptors (Lipinski definition) is 10. The van der Waals surface area contributed by atoms with E-state index in [1.54, 1.807) is 14.2 Å². The molecule has 2 aliphatic rings. The summed E-state index contributed by atoms with van der Waals surface area (Å²) in [7, 11) is -0.834. The monoisotopic (exact) mass is 772 g/mol. The molecule has 0 spiro atoms. The van der Waals surface area contributed by atoms with Crippen molar-refractivity contribution in [3.8, 4) is 17.6 Å². The van der Waals surface area contributed by atoms with Crippen molar-refractivity contribution >= 4 is 7.52 Å². The molecule has 1 N–H and O–H groups in total. The van der Waals surface area contributed by atoms with Gasteiger partial charge in [-0.3, -0.25) is 18.9 Å². The lowest BCUT2D eigenvalue weighted by Crippen LogP contribution is -2.54. The van der Waals surface area contributed by atoms with Gasteiger partial charge in [0, 0.05) is 24.3 Å². The molecule has 2 unspecified atom stereocenters. The molecule has 2 bridgehead atoms. The second kappa shape index (κ2) is 16.3. The van der Waals surface area contributed by atoms with Crippen molar-refractivity contribution in [2.75, 3.05) is 27.4 Å². The summed E-state index contributed by atoms with van der Waals surface area (Å²) in [6.45, 7) is 9.28. The Labute approximate surface area is 321 Å². The van der Waals surface area contributed by atoms with Crippen molar-refractivity contribution in [2.24, 2.45) is 0 Å². The van der Waals surface area contributed by atoms with E-state index in [4.69, 9.17) is 28.2 Å². The molecule has 292 valence electrons. The molecule has 13 nitrogen and oxygen atoms in total. The Kier molecular flexibility index (Phi) is 11.9. The topological polar surface area (TPSA) is 154 Å². The molecule has 6 atom stereocenters. The number of rotatable bonds is 16. The molecular weight excluding hydrogens is 723 g/mol. The van der Waals surface area contributed by atoms with E-state index >= 15 is 4.57 Å². The van der Waals surface area contributed by atoms with E-state index in [2.05, 4.69) is 11.1 Å². The Morgan fingerprint density at radius 2 is 1.47 bits per heavy atom. The van der Waals surface area contributed by atoms with E-state index in [0.717, 1.165) is 16.7 Å². The average molecular weight is 773 g/mol. The van der Waals surface area contributed by atoms with Crippen LogP contribution in [0.5, 0.6) is 11.5 Å². The van der Waals surface area contributed by atoms with Gasteiger partial charge in [-0.2, -0.15) is 5.26 Å². The summed E-state index contributed by atoms with van der Waals surface area (Å²) in [5.74, 6) is 1.32. The highest BCUT2D eigenvalue weighted by Crippen LogP contribution is 2.69. The van der Waals surface area contributed by atoms with Crippen molar-refractivity contribution in [3.63, 3.8) is 0 Å². The summed E-state index contributed by atoms with van der Waals surface area (Å²) < 4.78 is 57.8. The number of fused-ring (bicyclic) bond motifs is 2. The lowest BCUT2D eigenvalue weighted by atomic mass is 9.79. The summed E-state index contributed by atoms with van der Waals surface area (Å²) in [6, 6.07) is 27.8. The Hall–Kier alpha value is -4.54. The molecule has 6 rings (SSSR count). The molecule has 3 aromatic carbocycles. The summed E-state index contributed by atoms with van der Waals surface area (Å²) in [5.41, 5.74) is -2.73. The number of ether oxygens (including phenoxy) is 5. The molecule has 2 saturated heterocycles. The summed E-state index contributed by atoms with van der Waals surface area (Å²) in [6.07, 6.45) is -1.47. The fraction of sp³-hybridized carbons (Fsp3) is 0.439. The second-order valence-electron chi connectivity index (χ2n) is 14.3. The Morgan fingerprint density at radius 1 is 0.909 bits per heavy atom. The predicted molar refractivity (Wildman–Crippen MR) is 206 cm³/mol. The maximum Gasteiger partial charge on any atom is 0.330 e. The second-order valence-corrected chi connectivity index (χ2v) is 16.7. The first-order valence-corrected chi connectivity index (χ1v) is 20.0. The zero-order chi connectivity index (χ0) is 39.5. The van der Waals surface area contributed by atoms with Crippen LogP contribution in [0.3, 0.4) is 0 Å². The van der Waals surface area contributed by atoms with Crippen LogP contribution >= 0.6 is 7.52 Å². The number of aromatic amines is 1. The molecule has 4 aromatic rings. The fourth-order valence-corrected chi connectivity index (χ4v) is 11.9. The first-order chi connectivity index (χ1) is 26.4. The molecule has 2 aliphatic heterocycles. The van der Waals surface area contributed by atoms with Crippen molar-refractivity contribution in [1.82, 2.24) is 14.2 Å². The standard InChI is InChI=1S/C41H49N4O9P/c1-27(2)45(28(3)4)55(48,52-25-11-23-42)37-36-38(44-24-22-35(46)43-39(44)47)54-40(37,29(5)53-36)26-51-41(30-12-9-8-10-13-30,31-14-18-33(49-6)19-15-31)32-16-20-34(50-7)21-17-32/h8-10,12-22,24,27-29,36-38H,11,25-26H2,1-7H3,(H,43,46,47)/t29?,36-,37-,38+,40-,55?/m0/s1. The van der Waals surface area contributed by atoms with Gasteiger partial charge in [-0.25, -0.2) is 9.46 Å². The first kappa shape index (κ1) is 40.1. The summed E-state index contributed by atoms with van der Waals surface area (Å²) >= 11 is 0. The van der Waals surface area contributed by atoms with E-state index in [-0.39, 0.29) is 31.7 Å². The van der Waals surface area contributed by atoms with Gasteiger partial charge in [0.25, 0.3) is 13.1 Å². The van der Waals surface area contributed by atoms with E-state index in [9.17, 15) is 14.9 Å². The number of H-pyrrole nitrogens is 1. The third kappa shape index (κ3) is 7.19. The van der Waals surface area contributed by atoms with Crippen LogP contribution < -0.4 is 20.7 Å². The van der Waals surface area contributed by atoms with E-state index in [1.165, 1.54) is 16.8 Å². The molecule has 2 fully saturated rings. The van der Waals surface area contributed by atoms with Crippen LogP contribution in [0.15, 0.2) is 101 Å². The molecule has 1 aromatic heterocycles. The van der Waals surface area contributed by atoms with Crippen LogP contribution in [0.4, 0.5) is 0 Å². The Balaban J connectivity index is 1.59. The Bertz CT molecular complexity index is 2080. The highest BCUT2D eigenvalue weighted by molar-refractivity contribution is 7.57. The highest BCUT2D eigenvalue weighted by atomic mass is 31.2. The van der Waals surface area contributed by atoms with Gasteiger partial charge in [0.1, 0.15) is 34.5 Å². The van der Waals surface area contributed by atoms with Gasteiger partial charge in [0.2, 0.25) is 0 Å². The van der Waals surface area contributed by atoms with Crippen LogP contribution in [-0.2, 0) is 28.9 Å². The van der Waals surface area contributed by atoms with Crippen molar-refractivity contribution in [3.05, 3.63) is 129 Å². The maximum absolute atomic E-state index is 16.1. The van der Waals surface area contributed by atoms with Crippen LogP contribution in [0.2, 0.25) is 0 Å². The molecule has 3 heterocycles. The van der Waals surface area contributed by atoms with Gasteiger partial charge < -0.3 is 28.2 Å². The van der Waals surface area contributed by atoms with Gasteiger partial charge in [-0.1, -0.05) is 54.6 Å². The van der Waals surface area contributed by atoms with E-state index < -0.39 is 54.1 Å². The van der Waals surface area contributed by atoms with Crippen molar-refractivity contribution in [2.45, 2.75) is 88.4 Å². The molecule has 55 heavy (non-hydrogen) atoms. The SMILES string of the molecule is COc1ccc(C(OC[C@]23O[C@@H](n4ccc(=O)[nH]c4=O)[C@@H](OC2C)[C@@H]3P(=O)(OCCC#N)N(C(C)C)C(C)C)(c2ccccc2)c2ccc(OC)cc2)cc1. The number of methoxy groups -OCH3 is 2. The van der Waals surface area contributed by atoms with Crippen LogP contribution in [0, 0.1) is 11.3 Å². The number of hydrogen-bond donors (Lipinski definition) is 1. The van der Waals surface area contributed by atoms with Gasteiger partial charge in [-0.05, 0) is 75.6 Å². The third-order valence-corrected chi connectivity index (χ3v) is 14.1. The summed E-state index contributed by atoms with van der Waals surface area (Å²) in [4.78, 5) is 27.8. The van der Waals surface area contributed by atoms with Crippen LogP contribution in [0.25, 0.3) is 0 Å². The average Bonchev–Trinajstić information content (AvgIpc) is 3.65. The Morgan fingerprint density at radius 3 is 1.98 bits per heavy atom. The largest absolute Gasteiger partial charge is 0.497 e. The number of benzene rings is 3. The fourth-order valence-electron chi connectivity index (χ4n) is 8.21. The molecule has 0 aliphatic carbocycles. The number of nitriles is 1. The van der Waals surface area contributed by atoms with Crippen LogP contribution in [-0.4, -0.2) is 77.2 Å². The number of nitrogens with one attached hydrogen (secondary N) is 1. The number of nitrogens with zero attached hydrogens (tertiary/aromatic N) is 3. The van der Waals surface area contributed by atoms with E-state index in [1.807, 2.05) is 118 Å². The molecule has 0 saturated carbocycles. The maximum atomic E-state index is 16.1. The minimum atomic E-state index is -4.04. The van der Waals surface area contributed by atoms with Gasteiger partial charge >= 0.3 is 5.69 Å². The van der Waals surface area contributed by atoms with Gasteiger partial charge in [0.15, 0.2) is 6.23 Å².